The Morgan fingerprint density at radius 2 is 2.18 bits per heavy atom. The van der Waals surface area contributed by atoms with Crippen molar-refractivity contribution in [2.24, 2.45) is 0 Å². The van der Waals surface area contributed by atoms with Gasteiger partial charge in [0.25, 0.3) is 0 Å². The van der Waals surface area contributed by atoms with Crippen molar-refractivity contribution in [3.63, 3.8) is 0 Å². The SMILES string of the molecule is COC(=O)c1ccc(CCCNS(C)(=O)=O)o1. The van der Waals surface area contributed by atoms with Crippen molar-refractivity contribution in [3.8, 4) is 0 Å². The zero-order valence-electron chi connectivity index (χ0n) is 9.73. The molecule has 0 radical (unpaired) electrons. The summed E-state index contributed by atoms with van der Waals surface area (Å²) in [6.45, 7) is 0.340. The largest absolute Gasteiger partial charge is 0.463 e. The first-order valence-corrected chi connectivity index (χ1v) is 6.93. The number of aryl methyl sites for hydroxylation is 1. The van der Waals surface area contributed by atoms with Gasteiger partial charge in [-0.25, -0.2) is 17.9 Å². The second kappa shape index (κ2) is 5.83. The number of furan rings is 1. The monoisotopic (exact) mass is 261 g/mol. The third-order valence-corrected chi connectivity index (χ3v) is 2.74. The molecule has 0 aliphatic heterocycles. The first-order valence-electron chi connectivity index (χ1n) is 5.04. The lowest BCUT2D eigenvalue weighted by Gasteiger charge is -2.00. The summed E-state index contributed by atoms with van der Waals surface area (Å²) >= 11 is 0. The fourth-order valence-corrected chi connectivity index (χ4v) is 1.76. The summed E-state index contributed by atoms with van der Waals surface area (Å²) in [5.74, 6) is 0.254. The number of methoxy groups -OCH3 is 1. The summed E-state index contributed by atoms with van der Waals surface area (Å²) in [7, 11) is -1.87. The topological polar surface area (TPSA) is 85.6 Å². The lowest BCUT2D eigenvalue weighted by molar-refractivity contribution is 0.0563. The second-order valence-corrected chi connectivity index (χ2v) is 5.36. The molecule has 0 saturated carbocycles. The van der Waals surface area contributed by atoms with Gasteiger partial charge in [0.15, 0.2) is 0 Å². The van der Waals surface area contributed by atoms with E-state index in [1.807, 2.05) is 0 Å². The van der Waals surface area contributed by atoms with Gasteiger partial charge < -0.3 is 9.15 Å². The molecule has 0 amide bonds. The summed E-state index contributed by atoms with van der Waals surface area (Å²) in [5, 5.41) is 0. The van der Waals surface area contributed by atoms with Crippen LogP contribution in [-0.4, -0.2) is 34.3 Å². The average molecular weight is 261 g/mol. The zero-order chi connectivity index (χ0) is 12.9. The third-order valence-electron chi connectivity index (χ3n) is 2.01. The van der Waals surface area contributed by atoms with E-state index in [0.29, 0.717) is 25.1 Å². The molecule has 1 heterocycles. The van der Waals surface area contributed by atoms with Gasteiger partial charge in [-0.05, 0) is 18.6 Å². The lowest BCUT2D eigenvalue weighted by atomic mass is 10.2. The number of sulfonamides is 1. The number of carbonyl (C=O) groups is 1. The molecule has 0 aromatic carbocycles. The number of hydrogen-bond acceptors (Lipinski definition) is 5. The molecule has 1 aromatic rings. The summed E-state index contributed by atoms with van der Waals surface area (Å²) in [6, 6.07) is 3.21. The molecule has 0 unspecified atom stereocenters. The quantitative estimate of drug-likeness (QED) is 0.597. The van der Waals surface area contributed by atoms with E-state index in [9.17, 15) is 13.2 Å². The molecule has 0 bridgehead atoms. The first-order chi connectivity index (χ1) is 7.92. The van der Waals surface area contributed by atoms with Crippen LogP contribution < -0.4 is 4.72 Å². The van der Waals surface area contributed by atoms with Crippen LogP contribution in [0.5, 0.6) is 0 Å². The van der Waals surface area contributed by atoms with Crippen LogP contribution in [0.25, 0.3) is 0 Å². The maximum absolute atomic E-state index is 11.1. The average Bonchev–Trinajstić information content (AvgIpc) is 2.70. The Morgan fingerprint density at radius 3 is 2.76 bits per heavy atom. The molecule has 96 valence electrons. The van der Waals surface area contributed by atoms with Gasteiger partial charge >= 0.3 is 5.97 Å². The van der Waals surface area contributed by atoms with Gasteiger partial charge in [0, 0.05) is 13.0 Å². The zero-order valence-corrected chi connectivity index (χ0v) is 10.5. The predicted molar refractivity (Wildman–Crippen MR) is 61.2 cm³/mol. The van der Waals surface area contributed by atoms with Gasteiger partial charge in [0.2, 0.25) is 15.8 Å². The van der Waals surface area contributed by atoms with Gasteiger partial charge in [0.05, 0.1) is 13.4 Å². The van der Waals surface area contributed by atoms with Crippen molar-refractivity contribution in [1.29, 1.82) is 0 Å². The number of carbonyl (C=O) groups excluding carboxylic acids is 1. The molecule has 17 heavy (non-hydrogen) atoms. The normalized spacial score (nSPS) is 11.4. The van der Waals surface area contributed by atoms with Crippen molar-refractivity contribution in [1.82, 2.24) is 4.72 Å². The molecule has 1 rings (SSSR count). The highest BCUT2D eigenvalue weighted by molar-refractivity contribution is 7.88. The van der Waals surface area contributed by atoms with E-state index < -0.39 is 16.0 Å². The molecule has 0 fully saturated rings. The van der Waals surface area contributed by atoms with Crippen molar-refractivity contribution < 1.29 is 22.4 Å². The van der Waals surface area contributed by atoms with Crippen molar-refractivity contribution >= 4 is 16.0 Å². The fraction of sp³-hybridized carbons (Fsp3) is 0.500. The van der Waals surface area contributed by atoms with Crippen LogP contribution in [0.3, 0.4) is 0 Å². The number of hydrogen-bond donors (Lipinski definition) is 1. The molecular formula is C10H15NO5S. The molecule has 0 aliphatic rings. The minimum Gasteiger partial charge on any atom is -0.463 e. The highest BCUT2D eigenvalue weighted by Crippen LogP contribution is 2.10. The Labute approximate surface area is 100 Å². The minimum atomic E-state index is -3.15. The van der Waals surface area contributed by atoms with Crippen molar-refractivity contribution in [3.05, 3.63) is 23.7 Å². The smallest absolute Gasteiger partial charge is 0.373 e. The van der Waals surface area contributed by atoms with E-state index in [0.717, 1.165) is 6.26 Å². The van der Waals surface area contributed by atoms with Gasteiger partial charge in [-0.15, -0.1) is 0 Å². The van der Waals surface area contributed by atoms with Crippen LogP contribution in [-0.2, 0) is 21.2 Å². The van der Waals surface area contributed by atoms with Crippen LogP contribution >= 0.6 is 0 Å². The molecular weight excluding hydrogens is 246 g/mol. The maximum Gasteiger partial charge on any atom is 0.373 e. The Morgan fingerprint density at radius 1 is 1.47 bits per heavy atom. The van der Waals surface area contributed by atoms with E-state index in [-0.39, 0.29) is 5.76 Å². The maximum atomic E-state index is 11.1. The van der Waals surface area contributed by atoms with Gasteiger partial charge in [-0.2, -0.15) is 0 Å². The van der Waals surface area contributed by atoms with Crippen LogP contribution in [0.4, 0.5) is 0 Å². The van der Waals surface area contributed by atoms with E-state index in [1.165, 1.54) is 13.2 Å². The van der Waals surface area contributed by atoms with Crippen LogP contribution in [0.2, 0.25) is 0 Å². The lowest BCUT2D eigenvalue weighted by Crippen LogP contribution is -2.23. The highest BCUT2D eigenvalue weighted by atomic mass is 32.2. The molecule has 0 saturated heterocycles. The van der Waals surface area contributed by atoms with Gasteiger partial charge in [-0.3, -0.25) is 0 Å². The summed E-state index contributed by atoms with van der Waals surface area (Å²) in [4.78, 5) is 11.1. The Hall–Kier alpha value is -1.34. The van der Waals surface area contributed by atoms with E-state index in [2.05, 4.69) is 9.46 Å². The highest BCUT2D eigenvalue weighted by Gasteiger charge is 2.10. The Balaban J connectivity index is 2.38. The Bertz CT molecular complexity index is 477. The summed E-state index contributed by atoms with van der Waals surface area (Å²) < 4.78 is 33.6. The number of esters is 1. The molecule has 6 nitrogen and oxygen atoms in total. The first kappa shape index (κ1) is 13.7. The summed E-state index contributed by atoms with van der Waals surface area (Å²) in [5.41, 5.74) is 0. The van der Waals surface area contributed by atoms with E-state index in [4.69, 9.17) is 4.42 Å². The number of nitrogens with one attached hydrogen (secondary N) is 1. The molecule has 1 N–H and O–H groups in total. The molecule has 0 aliphatic carbocycles. The molecule has 0 spiro atoms. The molecule has 0 atom stereocenters. The second-order valence-electron chi connectivity index (χ2n) is 3.53. The summed E-state index contributed by atoms with van der Waals surface area (Å²) in [6.07, 6.45) is 2.26. The van der Waals surface area contributed by atoms with Gasteiger partial charge in [0.1, 0.15) is 5.76 Å². The molecule has 1 aromatic heterocycles. The predicted octanol–water partition coefficient (Wildman–Crippen LogP) is 0.548. The standard InChI is InChI=1S/C10H15NO5S/c1-15-10(12)9-6-5-8(16-9)4-3-7-11-17(2,13)14/h5-6,11H,3-4,7H2,1-2H3. The van der Waals surface area contributed by atoms with Crippen LogP contribution in [0.15, 0.2) is 16.5 Å². The van der Waals surface area contributed by atoms with E-state index in [1.54, 1.807) is 6.07 Å². The Kier molecular flexibility index (Phi) is 4.71. The molecule has 7 heteroatoms. The number of ether oxygens (including phenoxy) is 1. The van der Waals surface area contributed by atoms with Crippen molar-refractivity contribution in [2.75, 3.05) is 19.9 Å². The fourth-order valence-electron chi connectivity index (χ4n) is 1.24. The van der Waals surface area contributed by atoms with Crippen LogP contribution in [0.1, 0.15) is 22.7 Å². The number of rotatable bonds is 6. The van der Waals surface area contributed by atoms with Crippen molar-refractivity contribution in [2.45, 2.75) is 12.8 Å². The minimum absolute atomic E-state index is 0.151. The third kappa shape index (κ3) is 5.01. The van der Waals surface area contributed by atoms with E-state index >= 15 is 0 Å². The van der Waals surface area contributed by atoms with Crippen LogP contribution in [0, 0.1) is 0 Å². The van der Waals surface area contributed by atoms with Gasteiger partial charge in [-0.1, -0.05) is 0 Å².